The van der Waals surface area contributed by atoms with Crippen LogP contribution in [0.1, 0.15) is 37.9 Å². The van der Waals surface area contributed by atoms with Gasteiger partial charge in [0.05, 0.1) is 12.8 Å². The Bertz CT molecular complexity index is 415. The van der Waals surface area contributed by atoms with Gasteiger partial charge in [-0.1, -0.05) is 6.42 Å². The van der Waals surface area contributed by atoms with Crippen LogP contribution in [0, 0.1) is 17.8 Å². The highest BCUT2D eigenvalue weighted by molar-refractivity contribution is 5.78. The summed E-state index contributed by atoms with van der Waals surface area (Å²) in [5.74, 6) is 2.21. The van der Waals surface area contributed by atoms with Gasteiger partial charge in [0.2, 0.25) is 5.91 Å². The lowest BCUT2D eigenvalue weighted by Gasteiger charge is -2.43. The molecule has 3 rings (SSSR count). The van der Waals surface area contributed by atoms with E-state index in [1.54, 1.807) is 6.26 Å². The van der Waals surface area contributed by atoms with E-state index < -0.39 is 0 Å². The molecule has 2 atom stereocenters. The van der Waals surface area contributed by atoms with E-state index in [0.717, 1.165) is 18.6 Å². The number of nitrogens with one attached hydrogen (secondary N) is 1. The summed E-state index contributed by atoms with van der Waals surface area (Å²) >= 11 is 0. The lowest BCUT2D eigenvalue weighted by Crippen LogP contribution is -2.49. The van der Waals surface area contributed by atoms with Crippen LogP contribution in [0.3, 0.4) is 0 Å². The molecule has 1 amide bonds. The molecule has 4 heteroatoms. The van der Waals surface area contributed by atoms with E-state index >= 15 is 0 Å². The summed E-state index contributed by atoms with van der Waals surface area (Å²) in [4.78, 5) is 12.2. The molecule has 0 aliphatic heterocycles. The maximum absolute atomic E-state index is 12.2. The quantitative estimate of drug-likeness (QED) is 0.876. The average Bonchev–Trinajstić information content (AvgIpc) is 2.88. The second kappa shape index (κ2) is 5.37. The fourth-order valence-corrected chi connectivity index (χ4v) is 3.73. The van der Waals surface area contributed by atoms with Crippen LogP contribution in [0.2, 0.25) is 0 Å². The first-order valence-corrected chi connectivity index (χ1v) is 7.29. The van der Waals surface area contributed by atoms with Crippen molar-refractivity contribution in [1.29, 1.82) is 0 Å². The van der Waals surface area contributed by atoms with E-state index in [2.05, 4.69) is 5.32 Å². The molecule has 2 fully saturated rings. The number of carbonyl (C=O) groups is 1. The Morgan fingerprint density at radius 3 is 2.74 bits per heavy atom. The van der Waals surface area contributed by atoms with Crippen molar-refractivity contribution < 1.29 is 9.21 Å². The molecule has 4 nitrogen and oxygen atoms in total. The molecule has 2 saturated carbocycles. The Kier molecular flexibility index (Phi) is 3.60. The SMILES string of the molecule is NC1C2CCCC1CC(C(=O)NCc1ccco1)C2. The molecule has 0 saturated heterocycles. The van der Waals surface area contributed by atoms with Crippen LogP contribution >= 0.6 is 0 Å². The Balaban J connectivity index is 1.56. The molecule has 1 heterocycles. The summed E-state index contributed by atoms with van der Waals surface area (Å²) in [7, 11) is 0. The highest BCUT2D eigenvalue weighted by Crippen LogP contribution is 2.41. The van der Waals surface area contributed by atoms with E-state index in [9.17, 15) is 4.79 Å². The van der Waals surface area contributed by atoms with Crippen molar-refractivity contribution in [1.82, 2.24) is 5.32 Å². The normalized spacial score (nSPS) is 33.9. The van der Waals surface area contributed by atoms with Gasteiger partial charge < -0.3 is 15.5 Å². The lowest BCUT2D eigenvalue weighted by atomic mass is 9.65. The van der Waals surface area contributed by atoms with Gasteiger partial charge >= 0.3 is 0 Å². The van der Waals surface area contributed by atoms with Crippen LogP contribution < -0.4 is 11.1 Å². The van der Waals surface area contributed by atoms with Crippen LogP contribution in [0.4, 0.5) is 0 Å². The number of hydrogen-bond donors (Lipinski definition) is 2. The first kappa shape index (κ1) is 12.7. The van der Waals surface area contributed by atoms with E-state index in [4.69, 9.17) is 10.2 Å². The zero-order chi connectivity index (χ0) is 13.2. The van der Waals surface area contributed by atoms with Crippen molar-refractivity contribution in [2.45, 2.75) is 44.7 Å². The van der Waals surface area contributed by atoms with E-state index in [0.29, 0.717) is 24.4 Å². The van der Waals surface area contributed by atoms with Crippen LogP contribution in [0.25, 0.3) is 0 Å². The van der Waals surface area contributed by atoms with Gasteiger partial charge in [0.15, 0.2) is 0 Å². The predicted molar refractivity (Wildman–Crippen MR) is 72.1 cm³/mol. The first-order chi connectivity index (χ1) is 9.24. The number of amides is 1. The topological polar surface area (TPSA) is 68.3 Å². The van der Waals surface area contributed by atoms with E-state index in [1.807, 2.05) is 12.1 Å². The number of nitrogens with two attached hydrogens (primary N) is 1. The zero-order valence-corrected chi connectivity index (χ0v) is 11.2. The fourth-order valence-electron chi connectivity index (χ4n) is 3.73. The Morgan fingerprint density at radius 1 is 1.37 bits per heavy atom. The van der Waals surface area contributed by atoms with Gasteiger partial charge in [-0.15, -0.1) is 0 Å². The third-order valence-corrected chi connectivity index (χ3v) is 4.80. The monoisotopic (exact) mass is 262 g/mol. The first-order valence-electron chi connectivity index (χ1n) is 7.29. The largest absolute Gasteiger partial charge is 0.467 e. The van der Waals surface area contributed by atoms with Crippen molar-refractivity contribution in [3.63, 3.8) is 0 Å². The third-order valence-electron chi connectivity index (χ3n) is 4.80. The van der Waals surface area contributed by atoms with Gasteiger partial charge in [-0.25, -0.2) is 0 Å². The Hall–Kier alpha value is -1.29. The smallest absolute Gasteiger partial charge is 0.223 e. The van der Waals surface area contributed by atoms with Crippen molar-refractivity contribution >= 4 is 5.91 Å². The molecule has 2 unspecified atom stereocenters. The predicted octanol–water partition coefficient (Wildman–Crippen LogP) is 2.05. The van der Waals surface area contributed by atoms with Crippen molar-refractivity contribution in [3.8, 4) is 0 Å². The van der Waals surface area contributed by atoms with Crippen LogP contribution in [0.15, 0.2) is 22.8 Å². The number of carbonyl (C=O) groups excluding carboxylic acids is 1. The van der Waals surface area contributed by atoms with E-state index in [1.165, 1.54) is 19.3 Å². The maximum Gasteiger partial charge on any atom is 0.223 e. The molecular weight excluding hydrogens is 240 g/mol. The van der Waals surface area contributed by atoms with Gasteiger partial charge in [0, 0.05) is 12.0 Å². The molecule has 3 N–H and O–H groups in total. The van der Waals surface area contributed by atoms with Crippen molar-refractivity contribution in [2.24, 2.45) is 23.5 Å². The van der Waals surface area contributed by atoms with Gasteiger partial charge in [-0.2, -0.15) is 0 Å². The molecule has 1 aromatic heterocycles. The number of hydrogen-bond acceptors (Lipinski definition) is 3. The molecule has 0 aromatic carbocycles. The van der Waals surface area contributed by atoms with Crippen molar-refractivity contribution in [3.05, 3.63) is 24.2 Å². The van der Waals surface area contributed by atoms with Crippen LogP contribution in [0.5, 0.6) is 0 Å². The van der Waals surface area contributed by atoms with Gasteiger partial charge in [-0.3, -0.25) is 4.79 Å². The van der Waals surface area contributed by atoms with E-state index in [-0.39, 0.29) is 11.8 Å². The van der Waals surface area contributed by atoms with Gasteiger partial charge in [0.25, 0.3) is 0 Å². The minimum atomic E-state index is 0.144. The third kappa shape index (κ3) is 2.68. The standard InChI is InChI=1S/C15H22N2O2/c16-14-10-3-1-4-11(14)8-12(7-10)15(18)17-9-13-5-2-6-19-13/h2,5-6,10-12,14H,1,3-4,7-9,16H2,(H,17,18). The zero-order valence-electron chi connectivity index (χ0n) is 11.2. The summed E-state index contributed by atoms with van der Waals surface area (Å²) < 4.78 is 5.23. The summed E-state index contributed by atoms with van der Waals surface area (Å²) in [6, 6.07) is 4.04. The number of fused-ring (bicyclic) bond motifs is 2. The highest BCUT2D eigenvalue weighted by atomic mass is 16.3. The Morgan fingerprint density at radius 2 is 2.11 bits per heavy atom. The minimum Gasteiger partial charge on any atom is -0.467 e. The second-order valence-electron chi connectivity index (χ2n) is 5.99. The minimum absolute atomic E-state index is 0.144. The van der Waals surface area contributed by atoms with Gasteiger partial charge in [-0.05, 0) is 49.7 Å². The molecule has 19 heavy (non-hydrogen) atoms. The second-order valence-corrected chi connectivity index (χ2v) is 5.99. The number of rotatable bonds is 3. The molecule has 2 aliphatic carbocycles. The fraction of sp³-hybridized carbons (Fsp3) is 0.667. The molecule has 1 aromatic rings. The van der Waals surface area contributed by atoms with Gasteiger partial charge in [0.1, 0.15) is 5.76 Å². The molecule has 2 aliphatic rings. The molecule has 0 radical (unpaired) electrons. The maximum atomic E-state index is 12.2. The average molecular weight is 262 g/mol. The summed E-state index contributed by atoms with van der Waals surface area (Å²) in [5.41, 5.74) is 6.25. The summed E-state index contributed by atoms with van der Waals surface area (Å²) in [6.07, 6.45) is 7.22. The summed E-state index contributed by atoms with van der Waals surface area (Å²) in [5, 5.41) is 2.99. The molecular formula is C15H22N2O2. The highest BCUT2D eigenvalue weighted by Gasteiger charge is 2.40. The van der Waals surface area contributed by atoms with Crippen LogP contribution in [-0.4, -0.2) is 11.9 Å². The van der Waals surface area contributed by atoms with Crippen LogP contribution in [-0.2, 0) is 11.3 Å². The molecule has 2 bridgehead atoms. The molecule has 104 valence electrons. The molecule has 0 spiro atoms. The van der Waals surface area contributed by atoms with Crippen molar-refractivity contribution in [2.75, 3.05) is 0 Å². The Labute approximate surface area is 113 Å². The number of furan rings is 1. The lowest BCUT2D eigenvalue weighted by molar-refractivity contribution is -0.128. The summed E-state index contributed by atoms with van der Waals surface area (Å²) in [6.45, 7) is 0.490.